The number of benzene rings is 2. The zero-order valence-corrected chi connectivity index (χ0v) is 16.7. The van der Waals surface area contributed by atoms with E-state index >= 15 is 0 Å². The van der Waals surface area contributed by atoms with Crippen molar-refractivity contribution >= 4 is 17.6 Å². The van der Waals surface area contributed by atoms with Crippen LogP contribution in [0.15, 0.2) is 64.0 Å². The minimum absolute atomic E-state index is 0.120. The summed E-state index contributed by atoms with van der Waals surface area (Å²) in [5.74, 6) is 0.598. The number of alkyl halides is 2. The van der Waals surface area contributed by atoms with Gasteiger partial charge in [-0.3, -0.25) is 4.99 Å². The van der Waals surface area contributed by atoms with E-state index in [0.29, 0.717) is 5.92 Å². The lowest BCUT2D eigenvalue weighted by Gasteiger charge is -2.07. The second-order valence-corrected chi connectivity index (χ2v) is 7.24. The first kappa shape index (κ1) is 19.9. The van der Waals surface area contributed by atoms with Crippen LogP contribution in [0.2, 0.25) is 0 Å². The predicted molar refractivity (Wildman–Crippen MR) is 109 cm³/mol. The lowest BCUT2D eigenvalue weighted by atomic mass is 10.0. The summed E-state index contributed by atoms with van der Waals surface area (Å²) in [4.78, 5) is 5.00. The van der Waals surface area contributed by atoms with Crippen molar-refractivity contribution in [1.29, 1.82) is 0 Å². The van der Waals surface area contributed by atoms with Crippen LogP contribution in [-0.4, -0.2) is 24.5 Å². The summed E-state index contributed by atoms with van der Waals surface area (Å²) in [6.45, 7) is 1.47. The van der Waals surface area contributed by atoms with E-state index in [9.17, 15) is 8.78 Å². The molecule has 0 unspecified atom stereocenters. The van der Waals surface area contributed by atoms with Crippen LogP contribution in [0.25, 0.3) is 11.3 Å². The number of thiazole rings is 1. The van der Waals surface area contributed by atoms with Gasteiger partial charge in [0.15, 0.2) is 0 Å². The SMILES string of the molecule is CN=c1scc(-c2ccc(OC(F)F)cc2)n1/N=C\c1ccc(C(C)C)cc1. The number of halogens is 2. The van der Waals surface area contributed by atoms with Gasteiger partial charge in [-0.25, -0.2) is 4.68 Å². The second kappa shape index (κ2) is 8.93. The molecular formula is C21H21F2N3OS. The highest BCUT2D eigenvalue weighted by Crippen LogP contribution is 2.24. The molecule has 0 atom stereocenters. The molecule has 0 radical (unpaired) electrons. The van der Waals surface area contributed by atoms with E-state index < -0.39 is 6.61 Å². The fraction of sp³-hybridized carbons (Fsp3) is 0.238. The molecule has 3 rings (SSSR count). The molecule has 0 aliphatic rings. The minimum Gasteiger partial charge on any atom is -0.435 e. The number of hydrogen-bond donors (Lipinski definition) is 0. The first-order valence-electron chi connectivity index (χ1n) is 8.81. The fourth-order valence-corrected chi connectivity index (χ4v) is 3.46. The standard InChI is InChI=1S/C21H21F2N3OS/c1-14(2)16-6-4-15(5-7-16)12-25-26-19(13-28-21(26)24-3)17-8-10-18(11-9-17)27-20(22)23/h4-14,20H,1-3H3/b24-21?,25-12-. The van der Waals surface area contributed by atoms with Gasteiger partial charge in [-0.2, -0.15) is 13.9 Å². The van der Waals surface area contributed by atoms with Gasteiger partial charge in [0.25, 0.3) is 0 Å². The summed E-state index contributed by atoms with van der Waals surface area (Å²) < 4.78 is 30.8. The average Bonchev–Trinajstić information content (AvgIpc) is 3.09. The molecule has 146 valence electrons. The van der Waals surface area contributed by atoms with Crippen LogP contribution in [-0.2, 0) is 0 Å². The van der Waals surface area contributed by atoms with Crippen molar-refractivity contribution in [2.45, 2.75) is 26.4 Å². The van der Waals surface area contributed by atoms with Gasteiger partial charge in [-0.05, 0) is 41.3 Å². The molecule has 0 fully saturated rings. The van der Waals surface area contributed by atoms with Gasteiger partial charge in [0.1, 0.15) is 5.75 Å². The van der Waals surface area contributed by atoms with Gasteiger partial charge in [-0.1, -0.05) is 38.1 Å². The molecule has 0 amide bonds. The topological polar surface area (TPSA) is 38.9 Å². The Morgan fingerprint density at radius 1 is 1.04 bits per heavy atom. The van der Waals surface area contributed by atoms with Crippen LogP contribution in [0.5, 0.6) is 5.75 Å². The second-order valence-electron chi connectivity index (χ2n) is 6.41. The number of rotatable bonds is 6. The van der Waals surface area contributed by atoms with Crippen molar-refractivity contribution in [3.05, 3.63) is 69.8 Å². The summed E-state index contributed by atoms with van der Waals surface area (Å²) in [6, 6.07) is 14.7. The molecule has 28 heavy (non-hydrogen) atoms. The van der Waals surface area contributed by atoms with E-state index in [1.165, 1.54) is 29.0 Å². The molecule has 1 heterocycles. The van der Waals surface area contributed by atoms with Crippen LogP contribution >= 0.6 is 11.3 Å². The number of hydrogen-bond acceptors (Lipinski definition) is 4. The van der Waals surface area contributed by atoms with Crippen molar-refractivity contribution in [2.75, 3.05) is 7.05 Å². The molecule has 3 aromatic rings. The molecule has 0 spiro atoms. The molecule has 0 N–H and O–H groups in total. The van der Waals surface area contributed by atoms with Crippen LogP contribution in [0.1, 0.15) is 30.9 Å². The number of nitrogens with zero attached hydrogens (tertiary/aromatic N) is 3. The van der Waals surface area contributed by atoms with E-state index in [0.717, 1.165) is 21.6 Å². The van der Waals surface area contributed by atoms with E-state index in [4.69, 9.17) is 0 Å². The van der Waals surface area contributed by atoms with Crippen LogP contribution in [0.4, 0.5) is 8.78 Å². The van der Waals surface area contributed by atoms with E-state index in [1.54, 1.807) is 30.1 Å². The average molecular weight is 401 g/mol. The molecule has 0 aliphatic carbocycles. The first-order valence-corrected chi connectivity index (χ1v) is 9.69. The minimum atomic E-state index is -2.84. The van der Waals surface area contributed by atoms with Gasteiger partial charge < -0.3 is 4.74 Å². The third-order valence-electron chi connectivity index (χ3n) is 4.18. The van der Waals surface area contributed by atoms with Crippen molar-refractivity contribution in [2.24, 2.45) is 10.1 Å². The molecule has 0 saturated carbocycles. The molecule has 0 saturated heterocycles. The highest BCUT2D eigenvalue weighted by molar-refractivity contribution is 7.07. The maximum atomic E-state index is 12.3. The largest absolute Gasteiger partial charge is 0.435 e. The maximum absolute atomic E-state index is 12.3. The summed E-state index contributed by atoms with van der Waals surface area (Å²) in [7, 11) is 1.71. The van der Waals surface area contributed by atoms with Gasteiger partial charge in [0.2, 0.25) is 4.80 Å². The molecule has 0 bridgehead atoms. The van der Waals surface area contributed by atoms with E-state index in [2.05, 4.69) is 40.8 Å². The predicted octanol–water partition coefficient (Wildman–Crippen LogP) is 5.35. The maximum Gasteiger partial charge on any atom is 0.387 e. The van der Waals surface area contributed by atoms with E-state index in [1.807, 2.05) is 17.5 Å². The molecule has 4 nitrogen and oxygen atoms in total. The number of ether oxygens (including phenoxy) is 1. The highest BCUT2D eigenvalue weighted by atomic mass is 32.1. The van der Waals surface area contributed by atoms with Gasteiger partial charge in [-0.15, -0.1) is 11.3 Å². The van der Waals surface area contributed by atoms with Gasteiger partial charge >= 0.3 is 6.61 Å². The fourth-order valence-electron chi connectivity index (χ4n) is 2.66. The Kier molecular flexibility index (Phi) is 6.36. The molecule has 7 heteroatoms. The summed E-state index contributed by atoms with van der Waals surface area (Å²) in [5.41, 5.74) is 3.91. The number of aromatic nitrogens is 1. The summed E-state index contributed by atoms with van der Waals surface area (Å²) in [5, 5.41) is 6.52. The summed E-state index contributed by atoms with van der Waals surface area (Å²) >= 11 is 1.46. The van der Waals surface area contributed by atoms with Gasteiger partial charge in [0.05, 0.1) is 11.9 Å². The zero-order valence-electron chi connectivity index (χ0n) is 15.8. The molecule has 0 aliphatic heterocycles. The van der Waals surface area contributed by atoms with Crippen LogP contribution < -0.4 is 9.54 Å². The Labute approximate surface area is 166 Å². The third-order valence-corrected chi connectivity index (χ3v) is 5.08. The summed E-state index contributed by atoms with van der Waals surface area (Å²) in [6.07, 6.45) is 1.78. The van der Waals surface area contributed by atoms with Crippen molar-refractivity contribution in [3.63, 3.8) is 0 Å². The molecule has 2 aromatic carbocycles. The quantitative estimate of drug-likeness (QED) is 0.513. The Balaban J connectivity index is 1.90. The molecule has 1 aromatic heterocycles. The van der Waals surface area contributed by atoms with Crippen molar-refractivity contribution in [1.82, 2.24) is 4.68 Å². The third kappa shape index (κ3) is 4.72. The van der Waals surface area contributed by atoms with Crippen LogP contribution in [0, 0.1) is 0 Å². The van der Waals surface area contributed by atoms with Crippen molar-refractivity contribution in [3.8, 4) is 17.0 Å². The zero-order chi connectivity index (χ0) is 20.1. The first-order chi connectivity index (χ1) is 13.5. The highest BCUT2D eigenvalue weighted by Gasteiger charge is 2.09. The van der Waals surface area contributed by atoms with Crippen LogP contribution in [0.3, 0.4) is 0 Å². The lowest BCUT2D eigenvalue weighted by Crippen LogP contribution is -2.11. The normalized spacial score (nSPS) is 12.5. The smallest absolute Gasteiger partial charge is 0.387 e. The Hall–Kier alpha value is -2.80. The monoisotopic (exact) mass is 401 g/mol. The molecular weight excluding hydrogens is 380 g/mol. The van der Waals surface area contributed by atoms with E-state index in [-0.39, 0.29) is 5.75 Å². The Morgan fingerprint density at radius 2 is 1.71 bits per heavy atom. The lowest BCUT2D eigenvalue weighted by molar-refractivity contribution is -0.0498. The Bertz CT molecular complexity index is 1000. The Morgan fingerprint density at radius 3 is 2.29 bits per heavy atom. The van der Waals surface area contributed by atoms with Crippen molar-refractivity contribution < 1.29 is 13.5 Å². The van der Waals surface area contributed by atoms with Gasteiger partial charge in [0, 0.05) is 18.0 Å².